The van der Waals surface area contributed by atoms with Crippen LogP contribution < -0.4 is 5.32 Å². The Morgan fingerprint density at radius 2 is 1.75 bits per heavy atom. The Morgan fingerprint density at radius 3 is 2.32 bits per heavy atom. The van der Waals surface area contributed by atoms with Crippen molar-refractivity contribution in [2.75, 3.05) is 13.1 Å². The van der Waals surface area contributed by atoms with Crippen LogP contribution in [-0.4, -0.2) is 31.7 Å². The third-order valence-electron chi connectivity index (χ3n) is 4.31. The maximum atomic E-state index is 13.4. The molecule has 0 bridgehead atoms. The van der Waals surface area contributed by atoms with Crippen molar-refractivity contribution in [2.24, 2.45) is 0 Å². The van der Waals surface area contributed by atoms with Crippen molar-refractivity contribution in [1.29, 1.82) is 0 Å². The van der Waals surface area contributed by atoms with Gasteiger partial charge in [-0.2, -0.15) is 4.31 Å². The molecule has 0 heterocycles. The summed E-state index contributed by atoms with van der Waals surface area (Å²) in [6.45, 7) is 5.54. The molecule has 0 fully saturated rings. The monoisotopic (exact) mass is 430 g/mol. The molecule has 1 amide bonds. The Bertz CT molecular complexity index is 979. The Kier molecular flexibility index (Phi) is 7.14. The van der Waals surface area contributed by atoms with E-state index in [1.165, 1.54) is 28.6 Å². The minimum absolute atomic E-state index is 0.0112. The summed E-state index contributed by atoms with van der Waals surface area (Å²) < 4.78 is 53.2. The number of nitrogens with one attached hydrogen (secondary N) is 1. The van der Waals surface area contributed by atoms with Crippen molar-refractivity contribution in [3.8, 4) is 0 Å². The van der Waals surface area contributed by atoms with Crippen molar-refractivity contribution in [1.82, 2.24) is 9.62 Å². The number of halogens is 3. The van der Waals surface area contributed by atoms with E-state index in [1.807, 2.05) is 0 Å². The van der Waals surface area contributed by atoms with E-state index >= 15 is 0 Å². The van der Waals surface area contributed by atoms with Gasteiger partial charge >= 0.3 is 0 Å². The van der Waals surface area contributed by atoms with E-state index in [9.17, 15) is 22.0 Å². The lowest BCUT2D eigenvalue weighted by atomic mass is 10.1. The van der Waals surface area contributed by atoms with Gasteiger partial charge in [-0.25, -0.2) is 17.2 Å². The number of carbonyl (C=O) groups is 1. The number of sulfonamides is 1. The van der Waals surface area contributed by atoms with Gasteiger partial charge in [0.2, 0.25) is 10.0 Å². The summed E-state index contributed by atoms with van der Waals surface area (Å²) in [5.41, 5.74) is 0.460. The molecular weight excluding hydrogens is 410 g/mol. The zero-order chi connectivity index (χ0) is 21.1. The molecule has 5 nitrogen and oxygen atoms in total. The number of benzene rings is 2. The van der Waals surface area contributed by atoms with Gasteiger partial charge in [-0.15, -0.1) is 0 Å². The van der Waals surface area contributed by atoms with Crippen LogP contribution in [0.15, 0.2) is 41.3 Å². The lowest BCUT2D eigenvalue weighted by Crippen LogP contribution is -2.31. The van der Waals surface area contributed by atoms with E-state index in [0.29, 0.717) is 5.56 Å². The molecular formula is C19H21ClF2N2O3S. The van der Waals surface area contributed by atoms with Crippen molar-refractivity contribution >= 4 is 27.5 Å². The Morgan fingerprint density at radius 1 is 1.11 bits per heavy atom. The van der Waals surface area contributed by atoms with Gasteiger partial charge in [-0.05, 0) is 42.8 Å². The van der Waals surface area contributed by atoms with Crippen LogP contribution in [0.1, 0.15) is 42.7 Å². The first-order chi connectivity index (χ1) is 13.1. The molecule has 0 radical (unpaired) electrons. The molecule has 9 heteroatoms. The molecule has 0 aromatic heterocycles. The topological polar surface area (TPSA) is 66.5 Å². The van der Waals surface area contributed by atoms with Crippen LogP contribution in [0.3, 0.4) is 0 Å². The molecule has 2 aromatic rings. The molecule has 0 aliphatic carbocycles. The number of rotatable bonds is 7. The largest absolute Gasteiger partial charge is 0.346 e. The van der Waals surface area contributed by atoms with Gasteiger partial charge in [0, 0.05) is 18.7 Å². The van der Waals surface area contributed by atoms with Crippen LogP contribution in [0, 0.1) is 11.6 Å². The highest BCUT2D eigenvalue weighted by Crippen LogP contribution is 2.26. The zero-order valence-corrected chi connectivity index (χ0v) is 17.2. The fourth-order valence-corrected chi connectivity index (χ4v) is 4.65. The van der Waals surface area contributed by atoms with Crippen LogP contribution in [0.25, 0.3) is 0 Å². The van der Waals surface area contributed by atoms with Crippen molar-refractivity contribution in [3.63, 3.8) is 0 Å². The van der Waals surface area contributed by atoms with Crippen LogP contribution in [-0.2, 0) is 10.0 Å². The van der Waals surface area contributed by atoms with E-state index in [0.717, 1.165) is 12.1 Å². The first-order valence-corrected chi connectivity index (χ1v) is 10.5. The first-order valence-electron chi connectivity index (χ1n) is 8.67. The molecule has 1 atom stereocenters. The fourth-order valence-electron chi connectivity index (χ4n) is 2.69. The SMILES string of the molecule is CCN(CC)S(=O)(=O)c1cc(C(=O)NC(C)c2ccc(F)c(F)c2)ccc1Cl. The van der Waals surface area contributed by atoms with E-state index in [4.69, 9.17) is 11.6 Å². The smallest absolute Gasteiger partial charge is 0.251 e. The molecule has 1 unspecified atom stereocenters. The van der Waals surface area contributed by atoms with Gasteiger partial charge in [0.05, 0.1) is 11.1 Å². The lowest BCUT2D eigenvalue weighted by molar-refractivity contribution is 0.0939. The van der Waals surface area contributed by atoms with Crippen LogP contribution in [0.4, 0.5) is 8.78 Å². The first kappa shape index (κ1) is 22.3. The number of nitrogens with zero attached hydrogens (tertiary/aromatic N) is 1. The molecule has 2 rings (SSSR count). The van der Waals surface area contributed by atoms with Gasteiger partial charge < -0.3 is 5.32 Å². The third kappa shape index (κ3) is 4.68. The summed E-state index contributed by atoms with van der Waals surface area (Å²) in [5, 5.41) is 2.65. The van der Waals surface area contributed by atoms with Crippen molar-refractivity contribution < 1.29 is 22.0 Å². The summed E-state index contributed by atoms with van der Waals surface area (Å²) in [4.78, 5) is 12.4. The Hall–Kier alpha value is -2.03. The lowest BCUT2D eigenvalue weighted by Gasteiger charge is -2.20. The highest BCUT2D eigenvalue weighted by molar-refractivity contribution is 7.89. The van der Waals surface area contributed by atoms with Crippen LogP contribution >= 0.6 is 11.6 Å². The summed E-state index contributed by atoms with van der Waals surface area (Å²) in [7, 11) is -3.85. The van der Waals surface area contributed by atoms with Gasteiger partial charge in [-0.3, -0.25) is 4.79 Å². The standard InChI is InChI=1S/C19H21ClF2N2O3S/c1-4-24(5-2)28(26,27)18-11-14(6-8-15(18)20)19(25)23-12(3)13-7-9-16(21)17(22)10-13/h6-12H,4-5H2,1-3H3,(H,23,25). The Labute approximate surface area is 168 Å². The number of hydrogen-bond donors (Lipinski definition) is 1. The average Bonchev–Trinajstić information content (AvgIpc) is 2.64. The number of carbonyl (C=O) groups excluding carboxylic acids is 1. The normalized spacial score (nSPS) is 12.8. The zero-order valence-electron chi connectivity index (χ0n) is 15.7. The number of amides is 1. The molecule has 2 aromatic carbocycles. The second-order valence-electron chi connectivity index (χ2n) is 6.10. The predicted octanol–water partition coefficient (Wildman–Crippen LogP) is 4.14. The molecule has 0 saturated heterocycles. The maximum absolute atomic E-state index is 13.4. The van der Waals surface area contributed by atoms with E-state index in [1.54, 1.807) is 20.8 Å². The summed E-state index contributed by atoms with van der Waals surface area (Å²) in [6.07, 6.45) is 0. The van der Waals surface area contributed by atoms with Gasteiger partial charge in [0.25, 0.3) is 5.91 Å². The van der Waals surface area contributed by atoms with E-state index < -0.39 is 33.6 Å². The summed E-state index contributed by atoms with van der Waals surface area (Å²) in [6, 6.07) is 6.67. The molecule has 0 aliphatic heterocycles. The predicted molar refractivity (Wildman–Crippen MR) is 104 cm³/mol. The Balaban J connectivity index is 2.30. The summed E-state index contributed by atoms with van der Waals surface area (Å²) in [5.74, 6) is -2.56. The number of hydrogen-bond acceptors (Lipinski definition) is 3. The van der Waals surface area contributed by atoms with Crippen LogP contribution in [0.5, 0.6) is 0 Å². The molecule has 28 heavy (non-hydrogen) atoms. The summed E-state index contributed by atoms with van der Waals surface area (Å²) >= 11 is 6.06. The fraction of sp³-hybridized carbons (Fsp3) is 0.316. The maximum Gasteiger partial charge on any atom is 0.251 e. The highest BCUT2D eigenvalue weighted by Gasteiger charge is 2.26. The quantitative estimate of drug-likeness (QED) is 0.717. The van der Waals surface area contributed by atoms with Crippen molar-refractivity contribution in [3.05, 3.63) is 64.2 Å². The van der Waals surface area contributed by atoms with Crippen LogP contribution in [0.2, 0.25) is 5.02 Å². The third-order valence-corrected chi connectivity index (χ3v) is 6.84. The molecule has 0 spiro atoms. The van der Waals surface area contributed by atoms with E-state index in [-0.39, 0.29) is 28.6 Å². The second kappa shape index (κ2) is 8.98. The molecule has 0 aliphatic rings. The molecule has 1 N–H and O–H groups in total. The average molecular weight is 431 g/mol. The minimum atomic E-state index is -3.85. The minimum Gasteiger partial charge on any atom is -0.346 e. The molecule has 152 valence electrons. The van der Waals surface area contributed by atoms with E-state index in [2.05, 4.69) is 5.32 Å². The van der Waals surface area contributed by atoms with Gasteiger partial charge in [0.15, 0.2) is 11.6 Å². The second-order valence-corrected chi connectivity index (χ2v) is 8.42. The highest BCUT2D eigenvalue weighted by atomic mass is 35.5. The van der Waals surface area contributed by atoms with Crippen molar-refractivity contribution in [2.45, 2.75) is 31.7 Å². The van der Waals surface area contributed by atoms with Gasteiger partial charge in [-0.1, -0.05) is 31.5 Å². The van der Waals surface area contributed by atoms with Gasteiger partial charge in [0.1, 0.15) is 4.90 Å². The molecule has 0 saturated carbocycles.